The summed E-state index contributed by atoms with van der Waals surface area (Å²) in [5.41, 5.74) is 7.65. The monoisotopic (exact) mass is 428 g/mol. The van der Waals surface area contributed by atoms with Gasteiger partial charge in [0.25, 0.3) is 0 Å². The third-order valence-electron chi connectivity index (χ3n) is 3.93. The van der Waals surface area contributed by atoms with E-state index in [9.17, 15) is 8.42 Å². The van der Waals surface area contributed by atoms with Crippen LogP contribution in [-0.4, -0.2) is 32.8 Å². The van der Waals surface area contributed by atoms with Gasteiger partial charge in [0.05, 0.1) is 17.5 Å². The van der Waals surface area contributed by atoms with Gasteiger partial charge in [0.15, 0.2) is 5.96 Å². The maximum atomic E-state index is 12.1. The molecule has 0 saturated carbocycles. The minimum Gasteiger partial charge on any atom is -0.370 e. The zero-order chi connectivity index (χ0) is 20.2. The molecule has 27 heavy (non-hydrogen) atoms. The maximum absolute atomic E-state index is 12.1. The van der Waals surface area contributed by atoms with Gasteiger partial charge in [0.1, 0.15) is 0 Å². The van der Waals surface area contributed by atoms with Crippen molar-refractivity contribution < 1.29 is 8.42 Å². The van der Waals surface area contributed by atoms with E-state index in [1.54, 1.807) is 36.4 Å². The first-order valence-corrected chi connectivity index (χ1v) is 10.3. The van der Waals surface area contributed by atoms with E-state index < -0.39 is 10.0 Å². The molecule has 9 heteroatoms. The number of guanidine groups is 1. The van der Waals surface area contributed by atoms with Crippen LogP contribution in [0.1, 0.15) is 24.1 Å². The summed E-state index contributed by atoms with van der Waals surface area (Å²) < 4.78 is 25.3. The Labute approximate surface area is 170 Å². The highest BCUT2D eigenvalue weighted by atomic mass is 35.5. The van der Waals surface area contributed by atoms with E-state index in [4.69, 9.17) is 28.9 Å². The van der Waals surface area contributed by atoms with Crippen molar-refractivity contribution in [3.05, 3.63) is 63.6 Å². The lowest BCUT2D eigenvalue weighted by Gasteiger charge is -2.16. The molecule has 0 spiro atoms. The standard InChI is InChI=1S/C18H22Cl2N4O2S/c1-12(16-9-6-14(19)10-17(16)20)23-18(21)22-11-13-4-7-15(8-5-13)27(25,26)24(2)3/h4-10,12H,11H2,1-3H3,(H3,21,22,23). The highest BCUT2D eigenvalue weighted by molar-refractivity contribution is 7.89. The number of hydrogen-bond acceptors (Lipinski definition) is 3. The normalized spacial score (nSPS) is 13.6. The molecule has 0 aliphatic rings. The molecule has 0 amide bonds. The molecule has 1 unspecified atom stereocenters. The molecular formula is C18H22Cl2N4O2S. The highest BCUT2D eigenvalue weighted by Gasteiger charge is 2.16. The molecule has 2 rings (SSSR count). The summed E-state index contributed by atoms with van der Waals surface area (Å²) >= 11 is 12.1. The quantitative estimate of drug-likeness (QED) is 0.544. The van der Waals surface area contributed by atoms with Gasteiger partial charge in [-0.1, -0.05) is 41.4 Å². The van der Waals surface area contributed by atoms with Crippen LogP contribution < -0.4 is 11.1 Å². The Bertz CT molecular complexity index is 929. The first-order valence-electron chi connectivity index (χ1n) is 8.14. The Morgan fingerprint density at radius 1 is 1.19 bits per heavy atom. The number of aliphatic imine (C=N–C) groups is 1. The lowest BCUT2D eigenvalue weighted by molar-refractivity contribution is 0.520. The highest BCUT2D eigenvalue weighted by Crippen LogP contribution is 2.26. The van der Waals surface area contributed by atoms with Gasteiger partial charge in [-0.15, -0.1) is 0 Å². The summed E-state index contributed by atoms with van der Waals surface area (Å²) in [6.07, 6.45) is 0. The molecule has 6 nitrogen and oxygen atoms in total. The van der Waals surface area contributed by atoms with Crippen LogP contribution in [0.2, 0.25) is 10.0 Å². The molecule has 0 bridgehead atoms. The van der Waals surface area contributed by atoms with Crippen molar-refractivity contribution in [3.8, 4) is 0 Å². The van der Waals surface area contributed by atoms with Crippen molar-refractivity contribution in [2.45, 2.75) is 24.4 Å². The number of rotatable bonds is 6. The average molecular weight is 429 g/mol. The first kappa shape index (κ1) is 21.5. The molecule has 0 aromatic heterocycles. The van der Waals surface area contributed by atoms with Gasteiger partial charge in [-0.2, -0.15) is 0 Å². The molecule has 2 aromatic rings. The molecule has 3 N–H and O–H groups in total. The summed E-state index contributed by atoms with van der Waals surface area (Å²) in [6, 6.07) is 11.7. The van der Waals surface area contributed by atoms with Crippen molar-refractivity contribution in [1.82, 2.24) is 9.62 Å². The van der Waals surface area contributed by atoms with Crippen molar-refractivity contribution >= 4 is 39.2 Å². The molecule has 0 heterocycles. The van der Waals surface area contributed by atoms with Gasteiger partial charge in [0.2, 0.25) is 10.0 Å². The van der Waals surface area contributed by atoms with E-state index in [2.05, 4.69) is 10.3 Å². The number of sulfonamides is 1. The molecule has 146 valence electrons. The zero-order valence-electron chi connectivity index (χ0n) is 15.3. The first-order chi connectivity index (χ1) is 12.6. The number of halogens is 2. The Morgan fingerprint density at radius 2 is 1.81 bits per heavy atom. The number of hydrogen-bond donors (Lipinski definition) is 2. The van der Waals surface area contributed by atoms with Gasteiger partial charge >= 0.3 is 0 Å². The van der Waals surface area contributed by atoms with E-state index in [1.165, 1.54) is 18.4 Å². The Hall–Kier alpha value is -1.80. The summed E-state index contributed by atoms with van der Waals surface area (Å²) in [7, 11) is -0.452. The van der Waals surface area contributed by atoms with Crippen LogP contribution in [0.25, 0.3) is 0 Å². The zero-order valence-corrected chi connectivity index (χ0v) is 17.6. The number of nitrogens with one attached hydrogen (secondary N) is 1. The largest absolute Gasteiger partial charge is 0.370 e. The maximum Gasteiger partial charge on any atom is 0.242 e. The Kier molecular flexibility index (Phi) is 7.11. The van der Waals surface area contributed by atoms with Crippen LogP contribution >= 0.6 is 23.2 Å². The van der Waals surface area contributed by atoms with Crippen LogP contribution in [-0.2, 0) is 16.6 Å². The van der Waals surface area contributed by atoms with Crippen LogP contribution in [0.15, 0.2) is 52.4 Å². The van der Waals surface area contributed by atoms with Crippen molar-refractivity contribution in [1.29, 1.82) is 0 Å². The Balaban J connectivity index is 2.03. The average Bonchev–Trinajstić information content (AvgIpc) is 2.60. The predicted molar refractivity (Wildman–Crippen MR) is 111 cm³/mol. The summed E-state index contributed by atoms with van der Waals surface area (Å²) in [4.78, 5) is 4.52. The van der Waals surface area contributed by atoms with Gasteiger partial charge in [-0.25, -0.2) is 17.7 Å². The predicted octanol–water partition coefficient (Wildman–Crippen LogP) is 3.41. The number of nitrogens with zero attached hydrogens (tertiary/aromatic N) is 2. The second-order valence-electron chi connectivity index (χ2n) is 6.16. The molecule has 0 fully saturated rings. The van der Waals surface area contributed by atoms with Gasteiger partial charge < -0.3 is 11.1 Å². The third-order valence-corrected chi connectivity index (χ3v) is 6.32. The van der Waals surface area contributed by atoms with Crippen LogP contribution in [0.3, 0.4) is 0 Å². The van der Waals surface area contributed by atoms with Gasteiger partial charge in [0, 0.05) is 24.1 Å². The fraction of sp³-hybridized carbons (Fsp3) is 0.278. The molecule has 0 saturated heterocycles. The van der Waals surface area contributed by atoms with Gasteiger partial charge in [-0.3, -0.25) is 0 Å². The fourth-order valence-electron chi connectivity index (χ4n) is 2.35. The molecule has 0 radical (unpaired) electrons. The van der Waals surface area contributed by atoms with Crippen molar-refractivity contribution in [2.75, 3.05) is 14.1 Å². The number of nitrogens with two attached hydrogens (primary N) is 1. The van der Waals surface area contributed by atoms with E-state index >= 15 is 0 Å². The molecule has 0 aliphatic heterocycles. The fourth-order valence-corrected chi connectivity index (χ4v) is 3.83. The van der Waals surface area contributed by atoms with E-state index in [0.29, 0.717) is 16.6 Å². The lowest BCUT2D eigenvalue weighted by atomic mass is 10.1. The Morgan fingerprint density at radius 3 is 2.37 bits per heavy atom. The summed E-state index contributed by atoms with van der Waals surface area (Å²) in [5.74, 6) is 0.263. The SMILES string of the molecule is CC(NC(N)=NCc1ccc(S(=O)(=O)N(C)C)cc1)c1ccc(Cl)cc1Cl. The summed E-state index contributed by atoms with van der Waals surface area (Å²) in [5, 5.41) is 4.19. The van der Waals surface area contributed by atoms with E-state index in [1.807, 2.05) is 13.0 Å². The molecule has 0 aliphatic carbocycles. The molecule has 1 atom stereocenters. The second kappa shape index (κ2) is 8.93. The van der Waals surface area contributed by atoms with Crippen LogP contribution in [0.5, 0.6) is 0 Å². The number of benzene rings is 2. The minimum atomic E-state index is -3.44. The molecular weight excluding hydrogens is 407 g/mol. The topological polar surface area (TPSA) is 87.8 Å². The minimum absolute atomic E-state index is 0.147. The van der Waals surface area contributed by atoms with Crippen LogP contribution in [0.4, 0.5) is 0 Å². The van der Waals surface area contributed by atoms with Crippen molar-refractivity contribution in [3.63, 3.8) is 0 Å². The smallest absolute Gasteiger partial charge is 0.242 e. The van der Waals surface area contributed by atoms with E-state index in [0.717, 1.165) is 11.1 Å². The summed E-state index contributed by atoms with van der Waals surface area (Å²) in [6.45, 7) is 2.24. The second-order valence-corrected chi connectivity index (χ2v) is 9.16. The molecule has 2 aromatic carbocycles. The lowest BCUT2D eigenvalue weighted by Crippen LogP contribution is -2.34. The van der Waals surface area contributed by atoms with Gasteiger partial charge in [-0.05, 0) is 42.3 Å². The van der Waals surface area contributed by atoms with Crippen molar-refractivity contribution in [2.24, 2.45) is 10.7 Å². The van der Waals surface area contributed by atoms with E-state index in [-0.39, 0.29) is 16.9 Å². The third kappa shape index (κ3) is 5.59. The van der Waals surface area contributed by atoms with Crippen LogP contribution in [0, 0.1) is 0 Å².